The predicted molar refractivity (Wildman–Crippen MR) is 60.0 cm³/mol. The molecule has 1 rings (SSSR count). The molecule has 16 heavy (non-hydrogen) atoms. The van der Waals surface area contributed by atoms with Crippen LogP contribution in [-0.4, -0.2) is 21.9 Å². The van der Waals surface area contributed by atoms with Crippen LogP contribution in [0.5, 0.6) is 0 Å². The highest BCUT2D eigenvalue weighted by Gasteiger charge is 2.05. The average molecular weight is 243 g/mol. The monoisotopic (exact) mass is 242 g/mol. The van der Waals surface area contributed by atoms with Crippen LogP contribution in [0.15, 0.2) is 30.4 Å². The summed E-state index contributed by atoms with van der Waals surface area (Å²) in [4.78, 5) is 15.1. The van der Waals surface area contributed by atoms with Crippen molar-refractivity contribution in [3.8, 4) is 0 Å². The molecule has 1 aromatic rings. The van der Waals surface area contributed by atoms with Gasteiger partial charge in [0.2, 0.25) is 0 Å². The van der Waals surface area contributed by atoms with E-state index in [-0.39, 0.29) is 5.82 Å². The van der Waals surface area contributed by atoms with Crippen molar-refractivity contribution >= 4 is 11.6 Å². The number of aromatic nitrogens is 1. The van der Waals surface area contributed by atoms with E-state index in [1.165, 1.54) is 0 Å². The number of rotatable bonds is 4. The second-order valence-electron chi connectivity index (χ2n) is 3.18. The lowest BCUT2D eigenvalue weighted by molar-refractivity contribution is -0.404. The van der Waals surface area contributed by atoms with Gasteiger partial charge in [0, 0.05) is 19.8 Å². The highest BCUT2D eigenvalue weighted by Crippen LogP contribution is 2.08. The molecule has 0 saturated carbocycles. The average Bonchev–Trinajstić information content (AvgIpc) is 2.20. The molecule has 0 bridgehead atoms. The van der Waals surface area contributed by atoms with Gasteiger partial charge in [0.05, 0.1) is 4.92 Å². The molecule has 0 aliphatic carbocycles. The molecule has 7 heteroatoms. The van der Waals surface area contributed by atoms with Crippen LogP contribution in [-0.2, 0) is 6.54 Å². The van der Waals surface area contributed by atoms with E-state index in [9.17, 15) is 10.1 Å². The van der Waals surface area contributed by atoms with Gasteiger partial charge >= 0.3 is 0 Å². The molecular weight excluding hydrogens is 232 g/mol. The zero-order valence-electron chi connectivity index (χ0n) is 8.63. The summed E-state index contributed by atoms with van der Waals surface area (Å²) in [6.45, 7) is 0.431. The molecule has 0 radical (unpaired) electrons. The van der Waals surface area contributed by atoms with Gasteiger partial charge in [-0.05, 0) is 11.6 Å². The summed E-state index contributed by atoms with van der Waals surface area (Å²) in [6.07, 6.45) is 2.35. The van der Waals surface area contributed by atoms with Gasteiger partial charge in [-0.25, -0.2) is 4.98 Å². The minimum Gasteiger partial charge on any atom is -0.380 e. The fourth-order valence-electron chi connectivity index (χ4n) is 1.07. The molecule has 0 aliphatic heterocycles. The lowest BCUT2D eigenvalue weighted by Crippen LogP contribution is -2.24. The van der Waals surface area contributed by atoms with E-state index in [0.29, 0.717) is 11.7 Å². The molecule has 0 unspecified atom stereocenters. The predicted octanol–water partition coefficient (Wildman–Crippen LogP) is 1.20. The maximum absolute atomic E-state index is 10.2. The standard InChI is InChI=1S/C9H11ClN4O2/c1-13(9(11)6-14(15)16)5-7-2-3-8(10)12-4-7/h2-4,6H,5,11H2,1H3/b9-6+. The largest absolute Gasteiger partial charge is 0.380 e. The Labute approximate surface area is 97.5 Å². The van der Waals surface area contributed by atoms with Crippen molar-refractivity contribution in [1.82, 2.24) is 9.88 Å². The second kappa shape index (κ2) is 5.32. The third-order valence-electron chi connectivity index (χ3n) is 1.89. The fraction of sp³-hybridized carbons (Fsp3) is 0.222. The fourth-order valence-corrected chi connectivity index (χ4v) is 1.18. The summed E-state index contributed by atoms with van der Waals surface area (Å²) in [5, 5.41) is 10.6. The number of hydrogen-bond donors (Lipinski definition) is 1. The minimum absolute atomic E-state index is 0.0833. The van der Waals surface area contributed by atoms with Crippen molar-refractivity contribution in [2.75, 3.05) is 7.05 Å². The summed E-state index contributed by atoms with van der Waals surface area (Å²) in [6, 6.07) is 3.43. The lowest BCUT2D eigenvalue weighted by Gasteiger charge is -2.16. The first kappa shape index (κ1) is 12.3. The third kappa shape index (κ3) is 3.74. The van der Waals surface area contributed by atoms with E-state index in [2.05, 4.69) is 4.98 Å². The summed E-state index contributed by atoms with van der Waals surface area (Å²) < 4.78 is 0. The Kier molecular flexibility index (Phi) is 4.07. The smallest absolute Gasteiger partial charge is 0.274 e. The first-order valence-corrected chi connectivity index (χ1v) is 4.79. The number of nitrogens with two attached hydrogens (primary N) is 1. The Morgan fingerprint density at radius 2 is 2.44 bits per heavy atom. The molecule has 0 amide bonds. The molecule has 1 aromatic heterocycles. The van der Waals surface area contributed by atoms with E-state index in [1.807, 2.05) is 0 Å². The minimum atomic E-state index is -0.591. The normalized spacial score (nSPS) is 11.2. The number of halogens is 1. The SMILES string of the molecule is CN(Cc1ccc(Cl)nc1)/C(N)=C/[N+](=O)[O-]. The van der Waals surface area contributed by atoms with Crippen molar-refractivity contribution in [3.05, 3.63) is 51.2 Å². The molecule has 0 atom stereocenters. The molecule has 0 fully saturated rings. The van der Waals surface area contributed by atoms with Gasteiger partial charge in [0.25, 0.3) is 6.20 Å². The first-order chi connectivity index (χ1) is 7.49. The molecule has 1 heterocycles. The topological polar surface area (TPSA) is 85.3 Å². The van der Waals surface area contributed by atoms with Crippen molar-refractivity contribution in [3.63, 3.8) is 0 Å². The van der Waals surface area contributed by atoms with Gasteiger partial charge in [0.15, 0.2) is 5.82 Å². The van der Waals surface area contributed by atoms with Crippen molar-refractivity contribution in [2.45, 2.75) is 6.54 Å². The maximum Gasteiger partial charge on any atom is 0.274 e. The van der Waals surface area contributed by atoms with Crippen LogP contribution in [0, 0.1) is 10.1 Å². The molecule has 0 spiro atoms. The molecule has 0 aliphatic rings. The summed E-state index contributed by atoms with van der Waals surface area (Å²) in [7, 11) is 1.66. The highest BCUT2D eigenvalue weighted by atomic mass is 35.5. The molecule has 0 aromatic carbocycles. The van der Waals surface area contributed by atoms with E-state index < -0.39 is 4.92 Å². The molecule has 86 valence electrons. The Hall–Kier alpha value is -1.82. The van der Waals surface area contributed by atoms with Gasteiger partial charge in [-0.2, -0.15) is 0 Å². The van der Waals surface area contributed by atoms with Crippen molar-refractivity contribution < 1.29 is 4.92 Å². The van der Waals surface area contributed by atoms with Crippen LogP contribution in [0.25, 0.3) is 0 Å². The van der Waals surface area contributed by atoms with Crippen molar-refractivity contribution in [2.24, 2.45) is 5.73 Å². The third-order valence-corrected chi connectivity index (χ3v) is 2.11. The Balaban J connectivity index is 2.67. The highest BCUT2D eigenvalue weighted by molar-refractivity contribution is 6.29. The van der Waals surface area contributed by atoms with Gasteiger partial charge < -0.3 is 10.6 Å². The first-order valence-electron chi connectivity index (χ1n) is 4.41. The number of pyridine rings is 1. The summed E-state index contributed by atoms with van der Waals surface area (Å²) in [5.41, 5.74) is 6.36. The molecule has 0 saturated heterocycles. The van der Waals surface area contributed by atoms with Crippen LogP contribution in [0.2, 0.25) is 5.15 Å². The van der Waals surface area contributed by atoms with Gasteiger partial charge in [-0.15, -0.1) is 0 Å². The number of hydrogen-bond acceptors (Lipinski definition) is 5. The second-order valence-corrected chi connectivity index (χ2v) is 3.57. The van der Waals surface area contributed by atoms with Crippen LogP contribution in [0.4, 0.5) is 0 Å². The van der Waals surface area contributed by atoms with Crippen molar-refractivity contribution in [1.29, 1.82) is 0 Å². The summed E-state index contributed by atoms with van der Waals surface area (Å²) in [5.74, 6) is 0.0833. The Bertz CT molecular complexity index is 404. The van der Waals surface area contributed by atoms with E-state index >= 15 is 0 Å². The van der Waals surface area contributed by atoms with Crippen LogP contribution in [0.3, 0.4) is 0 Å². The lowest BCUT2D eigenvalue weighted by atomic mass is 10.3. The van der Waals surface area contributed by atoms with Crippen LogP contribution >= 0.6 is 11.6 Å². The Morgan fingerprint density at radius 3 is 2.94 bits per heavy atom. The molecule has 6 nitrogen and oxygen atoms in total. The van der Waals surface area contributed by atoms with Gasteiger partial charge in [-0.1, -0.05) is 17.7 Å². The zero-order chi connectivity index (χ0) is 12.1. The van der Waals surface area contributed by atoms with E-state index in [1.54, 1.807) is 30.3 Å². The number of nitro groups is 1. The quantitative estimate of drug-likeness (QED) is 0.487. The Morgan fingerprint density at radius 1 is 1.75 bits per heavy atom. The summed E-state index contributed by atoms with van der Waals surface area (Å²) >= 11 is 5.63. The van der Waals surface area contributed by atoms with Crippen LogP contribution < -0.4 is 5.73 Å². The maximum atomic E-state index is 10.2. The van der Waals surface area contributed by atoms with Crippen LogP contribution in [0.1, 0.15) is 5.56 Å². The zero-order valence-corrected chi connectivity index (χ0v) is 9.39. The van der Waals surface area contributed by atoms with E-state index in [4.69, 9.17) is 17.3 Å². The molecular formula is C9H11ClN4O2. The van der Waals surface area contributed by atoms with E-state index in [0.717, 1.165) is 11.8 Å². The van der Waals surface area contributed by atoms with Gasteiger partial charge in [-0.3, -0.25) is 10.1 Å². The van der Waals surface area contributed by atoms with Gasteiger partial charge in [0.1, 0.15) is 5.15 Å². The number of nitrogens with zero attached hydrogens (tertiary/aromatic N) is 3. The molecule has 2 N–H and O–H groups in total.